The number of halogens is 2. The van der Waals surface area contributed by atoms with Gasteiger partial charge in [0.05, 0.1) is 17.8 Å². The summed E-state index contributed by atoms with van der Waals surface area (Å²) in [6.07, 6.45) is 1.30. The lowest BCUT2D eigenvalue weighted by atomic mass is 10.2. The smallest absolute Gasteiger partial charge is 0.358 e. The Kier molecular flexibility index (Phi) is 4.92. The van der Waals surface area contributed by atoms with Crippen LogP contribution in [-0.2, 0) is 6.54 Å². The first-order valence-corrected chi connectivity index (χ1v) is 7.01. The number of benzene rings is 1. The monoisotopic (exact) mass is 372 g/mol. The molecule has 1 heterocycles. The van der Waals surface area contributed by atoms with Crippen molar-refractivity contribution in [1.29, 1.82) is 0 Å². The number of amides is 1. The van der Waals surface area contributed by atoms with Crippen LogP contribution >= 0.6 is 27.5 Å². The Morgan fingerprint density at radius 1 is 1.43 bits per heavy atom. The van der Waals surface area contributed by atoms with E-state index in [9.17, 15) is 9.59 Å². The molecule has 0 saturated heterocycles. The molecule has 1 aromatic heterocycles. The zero-order chi connectivity index (χ0) is 15.4. The Morgan fingerprint density at radius 3 is 2.81 bits per heavy atom. The summed E-state index contributed by atoms with van der Waals surface area (Å²) >= 11 is 9.16. The number of carboxylic acid groups (broad SMARTS) is 1. The Bertz CT molecular complexity index is 689. The Balaban J connectivity index is 1.88. The molecule has 0 saturated carbocycles. The highest BCUT2D eigenvalue weighted by molar-refractivity contribution is 9.10. The van der Waals surface area contributed by atoms with Crippen LogP contribution in [0.2, 0.25) is 5.02 Å². The number of nitrogens with zero attached hydrogens (tertiary/aromatic N) is 3. The first-order valence-electron chi connectivity index (χ1n) is 5.84. The summed E-state index contributed by atoms with van der Waals surface area (Å²) in [5, 5.41) is 19.0. The summed E-state index contributed by atoms with van der Waals surface area (Å²) in [6, 6.07) is 4.88. The zero-order valence-electron chi connectivity index (χ0n) is 10.6. The molecule has 9 heteroatoms. The summed E-state index contributed by atoms with van der Waals surface area (Å²) in [7, 11) is 0. The van der Waals surface area contributed by atoms with E-state index in [1.807, 2.05) is 0 Å². The fraction of sp³-hybridized carbons (Fsp3) is 0.167. The van der Waals surface area contributed by atoms with Crippen LogP contribution in [0.1, 0.15) is 20.8 Å². The van der Waals surface area contributed by atoms with Crippen LogP contribution < -0.4 is 5.32 Å². The second-order valence-corrected chi connectivity index (χ2v) is 5.32. The van der Waals surface area contributed by atoms with Crippen molar-refractivity contribution in [2.75, 3.05) is 6.54 Å². The lowest BCUT2D eigenvalue weighted by Gasteiger charge is -2.06. The van der Waals surface area contributed by atoms with Gasteiger partial charge in [0.2, 0.25) is 0 Å². The van der Waals surface area contributed by atoms with Gasteiger partial charge in [-0.25, -0.2) is 9.48 Å². The SMILES string of the molecule is O=C(NCCn1cc(C(=O)O)nn1)c1ccc(Br)c(Cl)c1. The minimum absolute atomic E-state index is 0.138. The third-order valence-corrected chi connectivity index (χ3v) is 3.80. The molecule has 2 rings (SSSR count). The maximum absolute atomic E-state index is 11.9. The number of aromatic nitrogens is 3. The average molecular weight is 374 g/mol. The van der Waals surface area contributed by atoms with Crippen LogP contribution in [-0.4, -0.2) is 38.5 Å². The number of nitrogens with one attached hydrogen (secondary N) is 1. The molecule has 2 aromatic rings. The van der Waals surface area contributed by atoms with Gasteiger partial charge < -0.3 is 10.4 Å². The quantitative estimate of drug-likeness (QED) is 0.833. The molecular formula is C12H10BrClN4O3. The molecule has 0 atom stereocenters. The molecule has 2 N–H and O–H groups in total. The number of carboxylic acids is 1. The third kappa shape index (κ3) is 4.02. The minimum Gasteiger partial charge on any atom is -0.476 e. The molecule has 0 fully saturated rings. The predicted molar refractivity (Wildman–Crippen MR) is 78.5 cm³/mol. The number of aromatic carboxylic acids is 1. The van der Waals surface area contributed by atoms with Crippen molar-refractivity contribution in [3.05, 3.63) is 45.1 Å². The van der Waals surface area contributed by atoms with E-state index in [4.69, 9.17) is 16.7 Å². The molecule has 0 unspecified atom stereocenters. The molecule has 21 heavy (non-hydrogen) atoms. The van der Waals surface area contributed by atoms with Crippen molar-refractivity contribution in [3.8, 4) is 0 Å². The summed E-state index contributed by atoms with van der Waals surface area (Å²) in [6.45, 7) is 0.602. The number of carbonyl (C=O) groups is 2. The molecular weight excluding hydrogens is 364 g/mol. The van der Waals surface area contributed by atoms with Crippen molar-refractivity contribution in [3.63, 3.8) is 0 Å². The van der Waals surface area contributed by atoms with E-state index < -0.39 is 5.97 Å². The fourth-order valence-electron chi connectivity index (χ4n) is 1.53. The molecule has 0 spiro atoms. The minimum atomic E-state index is -1.14. The van der Waals surface area contributed by atoms with Gasteiger partial charge in [-0.3, -0.25) is 4.79 Å². The highest BCUT2D eigenvalue weighted by Gasteiger charge is 2.09. The van der Waals surface area contributed by atoms with E-state index in [0.717, 1.165) is 0 Å². The molecule has 0 aliphatic heterocycles. The van der Waals surface area contributed by atoms with Crippen molar-refractivity contribution < 1.29 is 14.7 Å². The maximum Gasteiger partial charge on any atom is 0.358 e. The summed E-state index contributed by atoms with van der Waals surface area (Å²) in [5.74, 6) is -1.42. The van der Waals surface area contributed by atoms with E-state index >= 15 is 0 Å². The largest absolute Gasteiger partial charge is 0.476 e. The first kappa shape index (κ1) is 15.5. The van der Waals surface area contributed by atoms with Gasteiger partial charge in [0.25, 0.3) is 5.91 Å². The number of hydrogen-bond donors (Lipinski definition) is 2. The van der Waals surface area contributed by atoms with Gasteiger partial charge in [0.15, 0.2) is 5.69 Å². The van der Waals surface area contributed by atoms with E-state index in [1.165, 1.54) is 10.9 Å². The van der Waals surface area contributed by atoms with E-state index in [-0.39, 0.29) is 18.1 Å². The predicted octanol–water partition coefficient (Wildman–Crippen LogP) is 1.82. The fourth-order valence-corrected chi connectivity index (χ4v) is 1.96. The summed E-state index contributed by atoms with van der Waals surface area (Å²) in [5.41, 5.74) is 0.300. The second-order valence-electron chi connectivity index (χ2n) is 4.06. The topological polar surface area (TPSA) is 97.1 Å². The van der Waals surface area contributed by atoms with Crippen molar-refractivity contribution >= 4 is 39.4 Å². The van der Waals surface area contributed by atoms with Gasteiger partial charge in [-0.2, -0.15) is 0 Å². The number of hydrogen-bond acceptors (Lipinski definition) is 4. The number of carbonyl (C=O) groups excluding carboxylic acids is 1. The Hall–Kier alpha value is -1.93. The van der Waals surface area contributed by atoms with Crippen LogP contribution in [0.25, 0.3) is 0 Å². The second kappa shape index (κ2) is 6.68. The summed E-state index contributed by atoms with van der Waals surface area (Å²) < 4.78 is 2.06. The van der Waals surface area contributed by atoms with Gasteiger partial charge in [0.1, 0.15) is 0 Å². The molecule has 110 valence electrons. The summed E-state index contributed by atoms with van der Waals surface area (Å²) in [4.78, 5) is 22.5. The normalized spacial score (nSPS) is 10.4. The van der Waals surface area contributed by atoms with Gasteiger partial charge in [-0.15, -0.1) is 5.10 Å². The first-order chi connectivity index (χ1) is 9.97. The molecule has 0 bridgehead atoms. The zero-order valence-corrected chi connectivity index (χ0v) is 12.9. The van der Waals surface area contributed by atoms with E-state index in [1.54, 1.807) is 18.2 Å². The van der Waals surface area contributed by atoms with Gasteiger partial charge in [-0.1, -0.05) is 16.8 Å². The number of rotatable bonds is 5. The molecule has 0 aliphatic rings. The molecule has 0 aliphatic carbocycles. The van der Waals surface area contributed by atoms with Crippen molar-refractivity contribution in [1.82, 2.24) is 20.3 Å². The van der Waals surface area contributed by atoms with Gasteiger partial charge >= 0.3 is 5.97 Å². The van der Waals surface area contributed by atoms with E-state index in [2.05, 4.69) is 31.6 Å². The highest BCUT2D eigenvalue weighted by Crippen LogP contribution is 2.23. The Morgan fingerprint density at radius 2 is 2.19 bits per heavy atom. The lowest BCUT2D eigenvalue weighted by Crippen LogP contribution is -2.27. The van der Waals surface area contributed by atoms with Crippen LogP contribution in [0.15, 0.2) is 28.9 Å². The van der Waals surface area contributed by atoms with Crippen LogP contribution in [0, 0.1) is 0 Å². The van der Waals surface area contributed by atoms with Crippen molar-refractivity contribution in [2.45, 2.75) is 6.54 Å². The lowest BCUT2D eigenvalue weighted by molar-refractivity contribution is 0.0690. The van der Waals surface area contributed by atoms with Gasteiger partial charge in [-0.05, 0) is 34.1 Å². The molecule has 1 amide bonds. The maximum atomic E-state index is 11.9. The molecule has 7 nitrogen and oxygen atoms in total. The average Bonchev–Trinajstić information content (AvgIpc) is 2.91. The van der Waals surface area contributed by atoms with Gasteiger partial charge in [0, 0.05) is 16.6 Å². The highest BCUT2D eigenvalue weighted by atomic mass is 79.9. The standard InChI is InChI=1S/C12H10BrClN4O3/c13-8-2-1-7(5-9(8)14)11(19)15-3-4-18-6-10(12(20)21)16-17-18/h1-2,5-6H,3-4H2,(H,15,19)(H,20,21). The Labute approximate surface area is 133 Å². The van der Waals surface area contributed by atoms with Crippen molar-refractivity contribution in [2.24, 2.45) is 0 Å². The van der Waals surface area contributed by atoms with E-state index in [0.29, 0.717) is 21.6 Å². The van der Waals surface area contributed by atoms with Crippen LogP contribution in [0.5, 0.6) is 0 Å². The van der Waals surface area contributed by atoms with Crippen LogP contribution in [0.4, 0.5) is 0 Å². The van der Waals surface area contributed by atoms with Crippen LogP contribution in [0.3, 0.4) is 0 Å². The molecule has 1 aromatic carbocycles. The third-order valence-electron chi connectivity index (χ3n) is 2.57. The molecule has 0 radical (unpaired) electrons.